The summed E-state index contributed by atoms with van der Waals surface area (Å²) in [4.78, 5) is 24.8. The molecule has 2 aromatic rings. The first-order valence-electron chi connectivity index (χ1n) is 9.90. The minimum atomic E-state index is -0.631. The van der Waals surface area contributed by atoms with E-state index in [-0.39, 0.29) is 11.7 Å². The molecule has 1 aromatic heterocycles. The van der Waals surface area contributed by atoms with Gasteiger partial charge in [-0.2, -0.15) is 5.10 Å². The number of aromatic nitrogens is 2. The number of nitrogens with zero attached hydrogens (tertiary/aromatic N) is 2. The summed E-state index contributed by atoms with van der Waals surface area (Å²) in [6.07, 6.45) is 3.43. The van der Waals surface area contributed by atoms with Crippen molar-refractivity contribution in [3.63, 3.8) is 0 Å². The van der Waals surface area contributed by atoms with E-state index in [1.165, 1.54) is 12.5 Å². The lowest BCUT2D eigenvalue weighted by atomic mass is 9.78. The molecular weight excluding hydrogens is 386 g/mol. The van der Waals surface area contributed by atoms with E-state index in [0.717, 1.165) is 18.5 Å². The number of thiocarbonyl (C=S) groups is 1. The third-order valence-corrected chi connectivity index (χ3v) is 5.86. The van der Waals surface area contributed by atoms with Crippen LogP contribution in [0.4, 0.5) is 0 Å². The van der Waals surface area contributed by atoms with E-state index in [1.807, 2.05) is 30.3 Å². The number of nitrogens with one attached hydrogen (secondary N) is 3. The van der Waals surface area contributed by atoms with E-state index in [2.05, 4.69) is 35.1 Å². The van der Waals surface area contributed by atoms with E-state index in [0.29, 0.717) is 22.6 Å². The van der Waals surface area contributed by atoms with Crippen molar-refractivity contribution in [3.05, 3.63) is 58.0 Å². The highest BCUT2D eigenvalue weighted by molar-refractivity contribution is 7.80. The predicted octanol–water partition coefficient (Wildman–Crippen LogP) is 2.47. The summed E-state index contributed by atoms with van der Waals surface area (Å²) in [6.45, 7) is 6.23. The lowest BCUT2D eigenvalue weighted by molar-refractivity contribution is 0.0935. The van der Waals surface area contributed by atoms with Gasteiger partial charge in [-0.1, -0.05) is 44.9 Å². The summed E-state index contributed by atoms with van der Waals surface area (Å²) in [7, 11) is 0. The van der Waals surface area contributed by atoms with Crippen LogP contribution in [0.3, 0.4) is 0 Å². The van der Waals surface area contributed by atoms with Gasteiger partial charge in [0, 0.05) is 17.8 Å². The number of amides is 1. The van der Waals surface area contributed by atoms with Gasteiger partial charge in [0.25, 0.3) is 5.91 Å². The molecule has 0 saturated heterocycles. The van der Waals surface area contributed by atoms with Gasteiger partial charge in [0.05, 0.1) is 5.69 Å². The Morgan fingerprint density at radius 1 is 1.17 bits per heavy atom. The highest BCUT2D eigenvalue weighted by Crippen LogP contribution is 2.29. The normalized spacial score (nSPS) is 21.3. The van der Waals surface area contributed by atoms with Crippen molar-refractivity contribution >= 4 is 23.2 Å². The Morgan fingerprint density at radius 2 is 1.90 bits per heavy atom. The summed E-state index contributed by atoms with van der Waals surface area (Å²) in [5, 5.41) is 7.85. The third kappa shape index (κ3) is 5.00. The molecule has 0 aliphatic heterocycles. The number of benzene rings is 1. The van der Waals surface area contributed by atoms with Crippen molar-refractivity contribution < 1.29 is 4.79 Å². The molecule has 0 radical (unpaired) electrons. The number of hydrazine groups is 1. The zero-order valence-electron chi connectivity index (χ0n) is 16.9. The highest BCUT2D eigenvalue weighted by atomic mass is 32.1. The largest absolute Gasteiger partial charge is 0.358 e. The average molecular weight is 414 g/mol. The quantitative estimate of drug-likeness (QED) is 0.529. The molecule has 1 aliphatic carbocycles. The fourth-order valence-electron chi connectivity index (χ4n) is 3.70. The number of rotatable bonds is 3. The van der Waals surface area contributed by atoms with E-state index in [1.54, 1.807) is 11.6 Å². The maximum absolute atomic E-state index is 12.5. The number of carbonyl (C=O) groups excluding carboxylic acids is 1. The SMILES string of the molecule is Cc1cc(=O)c(C(=O)NNC(=S)N[C@@H]2CCC[C@H](C)[C@@H]2C)nn1-c1ccccc1. The first kappa shape index (κ1) is 21.0. The number of para-hydroxylation sites is 1. The standard InChI is InChI=1S/C21H27N5O2S/c1-13-8-7-11-17(15(13)3)22-21(29)24-23-20(28)19-18(27)12-14(2)26(25-19)16-9-5-4-6-10-16/h4-6,9-10,12-13,15,17H,7-8,11H2,1-3H3,(H,23,28)(H2,22,24,29)/t13-,15-,17+/m0/s1. The lowest BCUT2D eigenvalue weighted by Gasteiger charge is -2.35. The Morgan fingerprint density at radius 3 is 2.62 bits per heavy atom. The van der Waals surface area contributed by atoms with Crippen molar-refractivity contribution in [2.45, 2.75) is 46.1 Å². The fourth-order valence-corrected chi connectivity index (χ4v) is 3.90. The summed E-state index contributed by atoms with van der Waals surface area (Å²) in [5.41, 5.74) is 5.95. The van der Waals surface area contributed by atoms with Crippen LogP contribution in [0.1, 0.15) is 49.3 Å². The first-order valence-corrected chi connectivity index (χ1v) is 10.3. The minimum Gasteiger partial charge on any atom is -0.358 e. The molecule has 3 rings (SSSR count). The van der Waals surface area contributed by atoms with Crippen LogP contribution in [0.25, 0.3) is 5.69 Å². The fraction of sp³-hybridized carbons (Fsp3) is 0.429. The molecule has 0 unspecified atom stereocenters. The molecular formula is C21H27N5O2S. The lowest BCUT2D eigenvalue weighted by Crippen LogP contribution is -2.53. The van der Waals surface area contributed by atoms with Gasteiger partial charge in [0.15, 0.2) is 10.8 Å². The number of carbonyl (C=O) groups is 1. The molecule has 1 amide bonds. The molecule has 8 heteroatoms. The summed E-state index contributed by atoms with van der Waals surface area (Å²) < 4.78 is 1.57. The summed E-state index contributed by atoms with van der Waals surface area (Å²) >= 11 is 5.31. The monoisotopic (exact) mass is 413 g/mol. The molecule has 0 spiro atoms. The Hall–Kier alpha value is -2.74. The molecule has 3 atom stereocenters. The second-order valence-electron chi connectivity index (χ2n) is 7.67. The van der Waals surface area contributed by atoms with Crippen molar-refractivity contribution in [2.75, 3.05) is 0 Å². The molecule has 3 N–H and O–H groups in total. The minimum absolute atomic E-state index is 0.200. The van der Waals surface area contributed by atoms with Gasteiger partial charge in [-0.3, -0.25) is 20.4 Å². The molecule has 7 nitrogen and oxygen atoms in total. The zero-order chi connectivity index (χ0) is 21.0. The Bertz CT molecular complexity index is 944. The average Bonchev–Trinajstić information content (AvgIpc) is 2.70. The predicted molar refractivity (Wildman–Crippen MR) is 117 cm³/mol. The van der Waals surface area contributed by atoms with E-state index < -0.39 is 11.3 Å². The topological polar surface area (TPSA) is 88.1 Å². The highest BCUT2D eigenvalue weighted by Gasteiger charge is 2.27. The Balaban J connectivity index is 1.66. The first-order chi connectivity index (χ1) is 13.9. The van der Waals surface area contributed by atoms with Crippen LogP contribution >= 0.6 is 12.2 Å². The van der Waals surface area contributed by atoms with Gasteiger partial charge in [0.2, 0.25) is 5.43 Å². The van der Waals surface area contributed by atoms with Gasteiger partial charge in [-0.15, -0.1) is 0 Å². The molecule has 1 heterocycles. The third-order valence-electron chi connectivity index (χ3n) is 5.64. The number of aryl methyl sites for hydroxylation is 1. The summed E-state index contributed by atoms with van der Waals surface area (Å²) in [5.74, 6) is 0.497. The van der Waals surface area contributed by atoms with Crippen molar-refractivity contribution in [2.24, 2.45) is 11.8 Å². The van der Waals surface area contributed by atoms with Crippen molar-refractivity contribution in [1.82, 2.24) is 25.9 Å². The van der Waals surface area contributed by atoms with Crippen LogP contribution in [0, 0.1) is 18.8 Å². The molecule has 1 fully saturated rings. The van der Waals surface area contributed by atoms with E-state index >= 15 is 0 Å². The van der Waals surface area contributed by atoms with Gasteiger partial charge in [-0.05, 0) is 49.5 Å². The Kier molecular flexibility index (Phi) is 6.64. The van der Waals surface area contributed by atoms with Gasteiger partial charge < -0.3 is 5.32 Å². The van der Waals surface area contributed by atoms with Gasteiger partial charge in [-0.25, -0.2) is 4.68 Å². The van der Waals surface area contributed by atoms with E-state index in [4.69, 9.17) is 12.2 Å². The van der Waals surface area contributed by atoms with Gasteiger partial charge in [0.1, 0.15) is 0 Å². The number of hydrogen-bond acceptors (Lipinski definition) is 4. The molecule has 29 heavy (non-hydrogen) atoms. The molecule has 154 valence electrons. The van der Waals surface area contributed by atoms with Crippen LogP contribution in [0.15, 0.2) is 41.2 Å². The Labute approximate surface area is 175 Å². The smallest absolute Gasteiger partial charge is 0.294 e. The van der Waals surface area contributed by atoms with Crippen LogP contribution in [0.5, 0.6) is 0 Å². The van der Waals surface area contributed by atoms with Crippen LogP contribution < -0.4 is 21.6 Å². The maximum Gasteiger partial charge on any atom is 0.294 e. The molecule has 1 aliphatic rings. The van der Waals surface area contributed by atoms with Crippen LogP contribution in [-0.4, -0.2) is 26.8 Å². The number of hydrogen-bond donors (Lipinski definition) is 3. The van der Waals surface area contributed by atoms with Crippen molar-refractivity contribution in [1.29, 1.82) is 0 Å². The second-order valence-corrected chi connectivity index (χ2v) is 8.08. The maximum atomic E-state index is 12.5. The molecule has 1 aromatic carbocycles. The summed E-state index contributed by atoms with van der Waals surface area (Å²) in [6, 6.07) is 11.0. The van der Waals surface area contributed by atoms with Gasteiger partial charge >= 0.3 is 0 Å². The zero-order valence-corrected chi connectivity index (χ0v) is 17.8. The van der Waals surface area contributed by atoms with Crippen LogP contribution in [0.2, 0.25) is 0 Å². The van der Waals surface area contributed by atoms with Crippen molar-refractivity contribution in [3.8, 4) is 5.69 Å². The van der Waals surface area contributed by atoms with E-state index in [9.17, 15) is 9.59 Å². The molecule has 0 bridgehead atoms. The second kappa shape index (κ2) is 9.17. The van der Waals surface area contributed by atoms with Crippen LogP contribution in [-0.2, 0) is 0 Å². The molecule has 1 saturated carbocycles.